The number of hydrogen-bond acceptors (Lipinski definition) is 2. The number of rotatable bonds is 0. The molecule has 0 spiro atoms. The van der Waals surface area contributed by atoms with Crippen LogP contribution in [0.3, 0.4) is 0 Å². The smallest absolute Gasteiger partial charge is 0.0698 e. The first-order valence-electron chi connectivity index (χ1n) is 5.06. The monoisotopic (exact) mass is 203 g/mol. The largest absolute Gasteiger partial charge is 0.375 e. The third kappa shape index (κ3) is 1.17. The molecule has 0 aromatic heterocycles. The zero-order valence-corrected chi connectivity index (χ0v) is 8.97. The quantitative estimate of drug-likeness (QED) is 0.676. The highest BCUT2D eigenvalue weighted by atomic mass is 32.2. The summed E-state index contributed by atoms with van der Waals surface area (Å²) in [5.41, 5.74) is 1.45. The Hall–Kier alpha value is -0.890. The SMILES string of the molecule is CC1NC2=c3ccccc3=CCC2S1. The number of hydrogen-bond donors (Lipinski definition) is 1. The molecule has 72 valence electrons. The first kappa shape index (κ1) is 8.42. The predicted molar refractivity (Wildman–Crippen MR) is 62.2 cm³/mol. The van der Waals surface area contributed by atoms with E-state index in [4.69, 9.17) is 0 Å². The first-order valence-corrected chi connectivity index (χ1v) is 6.00. The van der Waals surface area contributed by atoms with Crippen LogP contribution in [0, 0.1) is 0 Å². The third-order valence-corrected chi connectivity index (χ3v) is 4.13. The van der Waals surface area contributed by atoms with Gasteiger partial charge in [-0.25, -0.2) is 0 Å². The molecule has 1 aromatic rings. The Kier molecular flexibility index (Phi) is 1.84. The molecule has 1 aromatic carbocycles. The fourth-order valence-corrected chi connectivity index (χ4v) is 3.47. The van der Waals surface area contributed by atoms with E-state index in [1.165, 1.54) is 22.6 Å². The molecule has 2 atom stereocenters. The maximum atomic E-state index is 3.57. The van der Waals surface area contributed by atoms with E-state index in [9.17, 15) is 0 Å². The summed E-state index contributed by atoms with van der Waals surface area (Å²) in [6, 6.07) is 8.66. The van der Waals surface area contributed by atoms with Crippen LogP contribution in [0.1, 0.15) is 13.3 Å². The van der Waals surface area contributed by atoms with E-state index in [-0.39, 0.29) is 0 Å². The van der Waals surface area contributed by atoms with Crippen molar-refractivity contribution >= 4 is 23.5 Å². The van der Waals surface area contributed by atoms with Crippen LogP contribution in [-0.4, -0.2) is 10.6 Å². The van der Waals surface area contributed by atoms with Gasteiger partial charge in [-0.05, 0) is 18.6 Å². The number of benzene rings is 1. The number of fused-ring (bicyclic) bond motifs is 2. The van der Waals surface area contributed by atoms with Crippen molar-refractivity contribution in [3.8, 4) is 0 Å². The first-order chi connectivity index (χ1) is 6.84. The summed E-state index contributed by atoms with van der Waals surface area (Å²) in [7, 11) is 0. The van der Waals surface area contributed by atoms with Gasteiger partial charge in [0, 0.05) is 10.9 Å². The summed E-state index contributed by atoms with van der Waals surface area (Å²) in [6.07, 6.45) is 3.53. The van der Waals surface area contributed by atoms with Crippen LogP contribution in [0.15, 0.2) is 24.3 Å². The van der Waals surface area contributed by atoms with Gasteiger partial charge >= 0.3 is 0 Å². The fraction of sp³-hybridized carbons (Fsp3) is 0.333. The van der Waals surface area contributed by atoms with E-state index in [0.717, 1.165) is 0 Å². The van der Waals surface area contributed by atoms with Crippen LogP contribution in [0.4, 0.5) is 0 Å². The highest BCUT2D eigenvalue weighted by Crippen LogP contribution is 2.32. The predicted octanol–water partition coefficient (Wildman–Crippen LogP) is 1.03. The van der Waals surface area contributed by atoms with Gasteiger partial charge in [0.1, 0.15) is 0 Å². The molecule has 2 heteroatoms. The molecule has 0 bridgehead atoms. The van der Waals surface area contributed by atoms with Crippen molar-refractivity contribution in [2.75, 3.05) is 0 Å². The maximum Gasteiger partial charge on any atom is 0.0698 e. The lowest BCUT2D eigenvalue weighted by atomic mass is 10.0. The Morgan fingerprint density at radius 3 is 3.14 bits per heavy atom. The minimum atomic E-state index is 0.564. The van der Waals surface area contributed by atoms with Crippen molar-refractivity contribution < 1.29 is 0 Å². The molecule has 1 saturated heterocycles. The van der Waals surface area contributed by atoms with Gasteiger partial charge in [-0.15, -0.1) is 11.8 Å². The van der Waals surface area contributed by atoms with E-state index in [1.54, 1.807) is 0 Å². The van der Waals surface area contributed by atoms with Crippen molar-refractivity contribution in [3.05, 3.63) is 34.7 Å². The Labute approximate surface area is 87.9 Å². The van der Waals surface area contributed by atoms with Crippen LogP contribution in [0.5, 0.6) is 0 Å². The molecule has 2 unspecified atom stereocenters. The molecular weight excluding hydrogens is 190 g/mol. The Bertz CT molecular complexity index is 477. The van der Waals surface area contributed by atoms with Crippen LogP contribution in [-0.2, 0) is 0 Å². The lowest BCUT2D eigenvalue weighted by molar-refractivity contribution is 0.874. The summed E-state index contributed by atoms with van der Waals surface area (Å²) in [6.45, 7) is 2.23. The van der Waals surface area contributed by atoms with Crippen molar-refractivity contribution in [1.82, 2.24) is 5.32 Å². The van der Waals surface area contributed by atoms with E-state index in [2.05, 4.69) is 42.6 Å². The van der Waals surface area contributed by atoms with E-state index < -0.39 is 0 Å². The summed E-state index contributed by atoms with van der Waals surface area (Å²) in [5.74, 6) is 0. The molecule has 0 radical (unpaired) electrons. The fourth-order valence-electron chi connectivity index (χ4n) is 2.24. The van der Waals surface area contributed by atoms with Gasteiger partial charge in [0.05, 0.1) is 10.6 Å². The lowest BCUT2D eigenvalue weighted by Gasteiger charge is -2.12. The average molecular weight is 203 g/mol. The molecule has 1 aliphatic carbocycles. The summed E-state index contributed by atoms with van der Waals surface area (Å²) in [4.78, 5) is 0. The third-order valence-electron chi connectivity index (χ3n) is 2.85. The van der Waals surface area contributed by atoms with Gasteiger partial charge in [-0.2, -0.15) is 0 Å². The van der Waals surface area contributed by atoms with Gasteiger partial charge in [-0.3, -0.25) is 0 Å². The molecule has 2 aliphatic rings. The van der Waals surface area contributed by atoms with Crippen LogP contribution in [0.2, 0.25) is 0 Å². The average Bonchev–Trinajstić information content (AvgIpc) is 2.59. The maximum absolute atomic E-state index is 3.57. The van der Waals surface area contributed by atoms with Crippen LogP contribution >= 0.6 is 11.8 Å². The number of thioether (sulfide) groups is 1. The topological polar surface area (TPSA) is 12.0 Å². The molecule has 1 heterocycles. The van der Waals surface area contributed by atoms with E-state index in [1.807, 2.05) is 11.8 Å². The van der Waals surface area contributed by atoms with Crippen molar-refractivity contribution in [3.63, 3.8) is 0 Å². The lowest BCUT2D eigenvalue weighted by Crippen LogP contribution is -2.36. The number of nitrogens with one attached hydrogen (secondary N) is 1. The van der Waals surface area contributed by atoms with Crippen molar-refractivity contribution in [2.45, 2.75) is 24.0 Å². The molecule has 1 fully saturated rings. The normalized spacial score (nSPS) is 28.8. The Morgan fingerprint density at radius 2 is 2.21 bits per heavy atom. The second kappa shape index (κ2) is 3.06. The zero-order valence-electron chi connectivity index (χ0n) is 8.16. The molecular formula is C12H13NS. The highest BCUT2D eigenvalue weighted by molar-refractivity contribution is 8.01. The summed E-state index contributed by atoms with van der Waals surface area (Å²) < 4.78 is 0. The van der Waals surface area contributed by atoms with Gasteiger partial charge in [-0.1, -0.05) is 30.3 Å². The second-order valence-electron chi connectivity index (χ2n) is 3.85. The molecule has 1 aliphatic heterocycles. The molecule has 1 nitrogen and oxygen atoms in total. The van der Waals surface area contributed by atoms with Crippen LogP contribution < -0.4 is 15.8 Å². The van der Waals surface area contributed by atoms with E-state index >= 15 is 0 Å². The van der Waals surface area contributed by atoms with Gasteiger partial charge in [0.25, 0.3) is 0 Å². The van der Waals surface area contributed by atoms with Crippen LogP contribution in [0.25, 0.3) is 11.8 Å². The van der Waals surface area contributed by atoms with E-state index in [0.29, 0.717) is 10.6 Å². The van der Waals surface area contributed by atoms with Gasteiger partial charge in [0.15, 0.2) is 0 Å². The molecule has 0 amide bonds. The molecule has 1 N–H and O–H groups in total. The van der Waals surface area contributed by atoms with Crippen molar-refractivity contribution in [2.24, 2.45) is 0 Å². The highest BCUT2D eigenvalue weighted by Gasteiger charge is 2.27. The van der Waals surface area contributed by atoms with Gasteiger partial charge < -0.3 is 5.32 Å². The summed E-state index contributed by atoms with van der Waals surface area (Å²) >= 11 is 2.03. The second-order valence-corrected chi connectivity index (χ2v) is 5.40. The molecule has 0 saturated carbocycles. The summed E-state index contributed by atoms with van der Waals surface area (Å²) in [5, 5.41) is 7.60. The standard InChI is InChI=1S/C12H13NS/c1-8-13-12-10-5-3-2-4-9(10)6-7-11(12)14-8/h2-6,8,11,13H,7H2,1H3. The minimum absolute atomic E-state index is 0.564. The molecule has 3 rings (SSSR count). The molecule has 14 heavy (non-hydrogen) atoms. The van der Waals surface area contributed by atoms with Gasteiger partial charge in [0.2, 0.25) is 0 Å². The zero-order chi connectivity index (χ0) is 9.54. The Balaban J connectivity index is 2.29. The minimum Gasteiger partial charge on any atom is -0.375 e. The van der Waals surface area contributed by atoms with Crippen molar-refractivity contribution in [1.29, 1.82) is 0 Å². The Morgan fingerprint density at radius 1 is 1.36 bits per heavy atom.